The quantitative estimate of drug-likeness (QED) is 0.462. The van der Waals surface area contributed by atoms with Crippen molar-refractivity contribution in [1.82, 2.24) is 10.2 Å². The largest absolute Gasteiger partial charge is 0.352 e. The number of halogens is 2. The van der Waals surface area contributed by atoms with E-state index < -0.39 is 28.5 Å². The zero-order valence-electron chi connectivity index (χ0n) is 19.9. The molecule has 2 amide bonds. The van der Waals surface area contributed by atoms with E-state index in [1.54, 1.807) is 31.2 Å². The number of sulfonamides is 1. The molecular weight excluding hydrogens is 554 g/mol. The van der Waals surface area contributed by atoms with Crippen LogP contribution < -0.4 is 9.62 Å². The highest BCUT2D eigenvalue weighted by Gasteiger charge is 2.31. The molecule has 1 aliphatic carbocycles. The van der Waals surface area contributed by atoms with Gasteiger partial charge in [0.15, 0.2) is 0 Å². The third-order valence-electron chi connectivity index (χ3n) is 6.15. The molecule has 1 atom stereocenters. The fourth-order valence-corrected chi connectivity index (χ4v) is 5.63. The second-order valence-corrected chi connectivity index (χ2v) is 12.2. The van der Waals surface area contributed by atoms with Gasteiger partial charge in [0.1, 0.15) is 12.6 Å². The Morgan fingerprint density at radius 2 is 1.77 bits per heavy atom. The Kier molecular flexibility index (Phi) is 9.61. The van der Waals surface area contributed by atoms with Crippen molar-refractivity contribution in [1.29, 1.82) is 0 Å². The molecule has 0 aromatic heterocycles. The van der Waals surface area contributed by atoms with Gasteiger partial charge in [0.05, 0.1) is 11.9 Å². The van der Waals surface area contributed by atoms with Crippen molar-refractivity contribution in [2.24, 2.45) is 0 Å². The van der Waals surface area contributed by atoms with Crippen LogP contribution in [-0.2, 0) is 26.2 Å². The van der Waals surface area contributed by atoms with Crippen molar-refractivity contribution in [3.63, 3.8) is 0 Å². The first-order valence-corrected chi connectivity index (χ1v) is 14.6. The maximum Gasteiger partial charge on any atom is 0.244 e. The number of carbonyl (C=O) groups is 2. The van der Waals surface area contributed by atoms with Crippen molar-refractivity contribution >= 4 is 55.1 Å². The summed E-state index contributed by atoms with van der Waals surface area (Å²) in [5, 5.41) is 3.54. The van der Waals surface area contributed by atoms with Crippen LogP contribution in [0.25, 0.3) is 0 Å². The smallest absolute Gasteiger partial charge is 0.244 e. The number of nitrogens with one attached hydrogen (secondary N) is 1. The van der Waals surface area contributed by atoms with Crippen LogP contribution in [0.5, 0.6) is 0 Å². The summed E-state index contributed by atoms with van der Waals surface area (Å²) < 4.78 is 27.0. The number of hydrogen-bond donors (Lipinski definition) is 1. The molecule has 0 spiro atoms. The highest BCUT2D eigenvalue weighted by molar-refractivity contribution is 9.10. The Bertz CT molecular complexity index is 1140. The number of benzene rings is 2. The maximum absolute atomic E-state index is 13.6. The summed E-state index contributed by atoms with van der Waals surface area (Å²) in [5.74, 6) is -0.714. The zero-order chi connectivity index (χ0) is 25.6. The van der Waals surface area contributed by atoms with Gasteiger partial charge in [-0.2, -0.15) is 0 Å². The molecule has 0 aliphatic heterocycles. The number of nitrogens with zero attached hydrogens (tertiary/aromatic N) is 2. The second kappa shape index (κ2) is 12.2. The van der Waals surface area contributed by atoms with Crippen LogP contribution in [0.15, 0.2) is 53.0 Å². The van der Waals surface area contributed by atoms with Crippen molar-refractivity contribution in [3.05, 3.63) is 63.6 Å². The van der Waals surface area contributed by atoms with E-state index in [-0.39, 0.29) is 18.5 Å². The Hall–Kier alpha value is -2.10. The van der Waals surface area contributed by atoms with Crippen LogP contribution in [0.1, 0.15) is 44.6 Å². The summed E-state index contributed by atoms with van der Waals surface area (Å²) in [5.41, 5.74) is 1.15. The van der Waals surface area contributed by atoms with E-state index in [9.17, 15) is 18.0 Å². The fraction of sp³-hybridized carbons (Fsp3) is 0.440. The number of hydrogen-bond acceptors (Lipinski definition) is 4. The fourth-order valence-electron chi connectivity index (χ4n) is 4.20. The van der Waals surface area contributed by atoms with Crippen LogP contribution in [-0.4, -0.2) is 50.0 Å². The molecule has 0 radical (unpaired) electrons. The van der Waals surface area contributed by atoms with E-state index in [4.69, 9.17) is 11.6 Å². The van der Waals surface area contributed by atoms with Gasteiger partial charge in [0.25, 0.3) is 0 Å². The molecule has 3 rings (SSSR count). The molecule has 2 aromatic rings. The van der Waals surface area contributed by atoms with Crippen LogP contribution in [0.2, 0.25) is 5.02 Å². The van der Waals surface area contributed by atoms with E-state index in [0.29, 0.717) is 10.7 Å². The molecule has 0 saturated heterocycles. The zero-order valence-corrected chi connectivity index (χ0v) is 23.1. The predicted octanol–water partition coefficient (Wildman–Crippen LogP) is 4.73. The van der Waals surface area contributed by atoms with E-state index in [1.165, 1.54) is 11.3 Å². The van der Waals surface area contributed by atoms with E-state index in [0.717, 1.165) is 46.3 Å². The first-order valence-electron chi connectivity index (χ1n) is 11.6. The summed E-state index contributed by atoms with van der Waals surface area (Å²) in [6.07, 6.45) is 6.22. The van der Waals surface area contributed by atoms with Crippen molar-refractivity contribution in [2.45, 2.75) is 57.7 Å². The Morgan fingerprint density at radius 1 is 1.11 bits per heavy atom. The minimum Gasteiger partial charge on any atom is -0.352 e. The topological polar surface area (TPSA) is 86.8 Å². The summed E-state index contributed by atoms with van der Waals surface area (Å²) in [6.45, 7) is 1.41. The molecule has 1 fully saturated rings. The minimum absolute atomic E-state index is 0.100. The molecule has 0 heterocycles. The molecule has 1 aliphatic rings. The molecule has 1 saturated carbocycles. The summed E-state index contributed by atoms with van der Waals surface area (Å²) >= 11 is 9.40. The first kappa shape index (κ1) is 27.5. The van der Waals surface area contributed by atoms with Crippen molar-refractivity contribution in [2.75, 3.05) is 17.1 Å². The summed E-state index contributed by atoms with van der Waals surface area (Å²) in [7, 11) is -3.77. The standard InChI is InChI=1S/C25H31BrClN3O4S/c1-18(25(32)28-22-9-4-3-5-10-22)29(16-19-7-6-8-20(26)15-19)24(31)17-30(35(2,33)34)23-13-11-21(27)12-14-23/h6-8,11-15,18,22H,3-5,9-10,16-17H2,1-2H3,(H,28,32)/t18-/m1/s1. The van der Waals surface area contributed by atoms with Crippen LogP contribution in [0.3, 0.4) is 0 Å². The molecule has 0 unspecified atom stereocenters. The third-order valence-corrected chi connectivity index (χ3v) is 8.04. The average molecular weight is 585 g/mol. The number of anilines is 1. The normalized spacial score (nSPS) is 15.3. The van der Waals surface area contributed by atoms with Gasteiger partial charge in [0, 0.05) is 22.1 Å². The lowest BCUT2D eigenvalue weighted by molar-refractivity contribution is -0.139. The van der Waals surface area contributed by atoms with Gasteiger partial charge in [-0.05, 0) is 61.7 Å². The van der Waals surface area contributed by atoms with Gasteiger partial charge < -0.3 is 10.2 Å². The molecular formula is C25H31BrClN3O4S. The van der Waals surface area contributed by atoms with E-state index in [2.05, 4.69) is 21.2 Å². The summed E-state index contributed by atoms with van der Waals surface area (Å²) in [6, 6.07) is 13.0. The SMILES string of the molecule is C[C@H](C(=O)NC1CCCCC1)N(Cc1cccc(Br)c1)C(=O)CN(c1ccc(Cl)cc1)S(C)(=O)=O. The van der Waals surface area contributed by atoms with Gasteiger partial charge in [-0.15, -0.1) is 0 Å². The molecule has 35 heavy (non-hydrogen) atoms. The Balaban J connectivity index is 1.86. The van der Waals surface area contributed by atoms with Crippen molar-refractivity contribution < 1.29 is 18.0 Å². The van der Waals surface area contributed by atoms with E-state index >= 15 is 0 Å². The lowest BCUT2D eigenvalue weighted by Crippen LogP contribution is -2.52. The maximum atomic E-state index is 13.6. The minimum atomic E-state index is -3.77. The Labute approximate surface area is 221 Å². The average Bonchev–Trinajstić information content (AvgIpc) is 2.81. The molecule has 1 N–H and O–H groups in total. The van der Waals surface area contributed by atoms with Crippen LogP contribution >= 0.6 is 27.5 Å². The molecule has 7 nitrogen and oxygen atoms in total. The highest BCUT2D eigenvalue weighted by Crippen LogP contribution is 2.22. The van der Waals surface area contributed by atoms with Gasteiger partial charge in [0.2, 0.25) is 21.8 Å². The van der Waals surface area contributed by atoms with Gasteiger partial charge >= 0.3 is 0 Å². The Morgan fingerprint density at radius 3 is 2.37 bits per heavy atom. The van der Waals surface area contributed by atoms with Gasteiger partial charge in [-0.1, -0.05) is 58.9 Å². The molecule has 2 aromatic carbocycles. The monoisotopic (exact) mass is 583 g/mol. The molecule has 190 valence electrons. The highest BCUT2D eigenvalue weighted by atomic mass is 79.9. The second-order valence-electron chi connectivity index (χ2n) is 8.92. The predicted molar refractivity (Wildman–Crippen MR) is 143 cm³/mol. The molecule has 10 heteroatoms. The number of carbonyl (C=O) groups excluding carboxylic acids is 2. The van der Waals surface area contributed by atoms with Gasteiger partial charge in [-0.3, -0.25) is 13.9 Å². The van der Waals surface area contributed by atoms with Crippen LogP contribution in [0, 0.1) is 0 Å². The number of rotatable bonds is 9. The number of amides is 2. The van der Waals surface area contributed by atoms with Crippen LogP contribution in [0.4, 0.5) is 5.69 Å². The third kappa shape index (κ3) is 7.95. The summed E-state index contributed by atoms with van der Waals surface area (Å²) in [4.78, 5) is 28.2. The van der Waals surface area contributed by atoms with Gasteiger partial charge in [-0.25, -0.2) is 8.42 Å². The van der Waals surface area contributed by atoms with Crippen molar-refractivity contribution in [3.8, 4) is 0 Å². The lowest BCUT2D eigenvalue weighted by Gasteiger charge is -2.33. The van der Waals surface area contributed by atoms with E-state index in [1.807, 2.05) is 24.3 Å². The first-order chi connectivity index (χ1) is 16.5. The lowest BCUT2D eigenvalue weighted by atomic mass is 9.95. The molecule has 0 bridgehead atoms.